The Balaban J connectivity index is 2.16. The topological polar surface area (TPSA) is 83.6 Å². The minimum atomic E-state index is -3.85. The number of hydrogen-bond donors (Lipinski definition) is 1. The highest BCUT2D eigenvalue weighted by Crippen LogP contribution is 2.28. The van der Waals surface area contributed by atoms with Gasteiger partial charge in [0, 0.05) is 25.6 Å². The zero-order chi connectivity index (χ0) is 18.1. The molecule has 1 heterocycles. The van der Waals surface area contributed by atoms with Crippen LogP contribution < -0.4 is 5.32 Å². The first-order chi connectivity index (χ1) is 11.1. The summed E-state index contributed by atoms with van der Waals surface area (Å²) in [4.78, 5) is 24.9. The number of rotatable bonds is 5. The number of quaternary nitrogens is 1. The second-order valence-corrected chi connectivity index (χ2v) is 8.91. The fraction of sp³-hybridized carbons (Fsp3) is 0.500. The molecule has 1 aliphatic rings. The van der Waals surface area contributed by atoms with E-state index >= 15 is 0 Å². The Morgan fingerprint density at radius 1 is 1.25 bits per heavy atom. The molecule has 1 atom stereocenters. The summed E-state index contributed by atoms with van der Waals surface area (Å²) < 4.78 is 26.7. The third-order valence-electron chi connectivity index (χ3n) is 3.97. The van der Waals surface area contributed by atoms with E-state index in [-0.39, 0.29) is 10.5 Å². The Hall–Kier alpha value is -1.77. The normalized spacial score (nSPS) is 20.5. The van der Waals surface area contributed by atoms with Crippen LogP contribution >= 0.6 is 0 Å². The molecule has 0 fully saturated rings. The van der Waals surface area contributed by atoms with Crippen molar-refractivity contribution in [1.29, 1.82) is 0 Å². The van der Waals surface area contributed by atoms with Gasteiger partial charge in [-0.3, -0.25) is 9.59 Å². The fourth-order valence-corrected chi connectivity index (χ4v) is 4.12. The van der Waals surface area contributed by atoms with Crippen molar-refractivity contribution in [2.75, 3.05) is 41.3 Å². The number of likely N-dealkylation sites (N-methyl/N-ethyl adjacent to an activating group) is 1. The number of amides is 1. The van der Waals surface area contributed by atoms with Crippen LogP contribution in [0.4, 0.5) is 0 Å². The molecule has 1 aromatic carbocycles. The van der Waals surface area contributed by atoms with Crippen molar-refractivity contribution in [2.45, 2.75) is 17.4 Å². The van der Waals surface area contributed by atoms with Gasteiger partial charge in [-0.05, 0) is 12.1 Å². The standard InChI is InChI=1S/C16H23N3O4S/c1-18-14(16(21)17-10-7-11-19(2,3)4)15(20)12-8-5-6-9-13(12)24(18,22)23/h5-6,8-9,14H,7,10-11H2,1-4H3/p+1. The van der Waals surface area contributed by atoms with E-state index in [0.717, 1.165) is 21.8 Å². The lowest BCUT2D eigenvalue weighted by atomic mass is 10.0. The third-order valence-corrected chi connectivity index (χ3v) is 5.86. The number of carbonyl (C=O) groups excluding carboxylic acids is 2. The van der Waals surface area contributed by atoms with Gasteiger partial charge in [0.2, 0.25) is 15.9 Å². The highest BCUT2D eigenvalue weighted by Gasteiger charge is 2.45. The highest BCUT2D eigenvalue weighted by molar-refractivity contribution is 7.89. The Kier molecular flexibility index (Phi) is 5.12. The monoisotopic (exact) mass is 354 g/mol. The molecule has 2 rings (SSSR count). The predicted molar refractivity (Wildman–Crippen MR) is 90.0 cm³/mol. The van der Waals surface area contributed by atoms with E-state index < -0.39 is 27.8 Å². The number of hydrogen-bond acceptors (Lipinski definition) is 4. The molecule has 0 saturated carbocycles. The maximum absolute atomic E-state index is 12.6. The van der Waals surface area contributed by atoms with Crippen LogP contribution in [0.2, 0.25) is 0 Å². The van der Waals surface area contributed by atoms with Gasteiger partial charge in [-0.25, -0.2) is 8.42 Å². The van der Waals surface area contributed by atoms with Gasteiger partial charge >= 0.3 is 0 Å². The maximum atomic E-state index is 12.6. The predicted octanol–water partition coefficient (Wildman–Crippen LogP) is 0.0845. The molecule has 0 aliphatic carbocycles. The van der Waals surface area contributed by atoms with E-state index in [2.05, 4.69) is 5.32 Å². The molecule has 1 aliphatic heterocycles. The van der Waals surface area contributed by atoms with Crippen molar-refractivity contribution < 1.29 is 22.5 Å². The highest BCUT2D eigenvalue weighted by atomic mass is 32.2. The number of fused-ring (bicyclic) bond motifs is 1. The van der Waals surface area contributed by atoms with E-state index in [1.165, 1.54) is 19.2 Å². The molecule has 1 amide bonds. The van der Waals surface area contributed by atoms with Crippen LogP contribution in [0, 0.1) is 0 Å². The molecule has 1 unspecified atom stereocenters. The van der Waals surface area contributed by atoms with Gasteiger partial charge in [0.1, 0.15) is 0 Å². The van der Waals surface area contributed by atoms with Crippen LogP contribution in [-0.4, -0.2) is 76.2 Å². The van der Waals surface area contributed by atoms with Crippen molar-refractivity contribution in [3.63, 3.8) is 0 Å². The van der Waals surface area contributed by atoms with Crippen LogP contribution in [0.1, 0.15) is 16.8 Å². The Labute approximate surface area is 142 Å². The van der Waals surface area contributed by atoms with Crippen LogP contribution in [0.25, 0.3) is 0 Å². The van der Waals surface area contributed by atoms with Crippen LogP contribution in [-0.2, 0) is 14.8 Å². The maximum Gasteiger partial charge on any atom is 0.246 e. The zero-order valence-electron chi connectivity index (χ0n) is 14.4. The van der Waals surface area contributed by atoms with Gasteiger partial charge in [-0.1, -0.05) is 12.1 Å². The van der Waals surface area contributed by atoms with Crippen molar-refractivity contribution in [3.8, 4) is 0 Å². The lowest BCUT2D eigenvalue weighted by Gasteiger charge is -2.31. The summed E-state index contributed by atoms with van der Waals surface area (Å²) in [6.07, 6.45) is 0.739. The number of sulfonamides is 1. The molecule has 0 saturated heterocycles. The zero-order valence-corrected chi connectivity index (χ0v) is 15.3. The molecule has 8 heteroatoms. The van der Waals surface area contributed by atoms with Crippen LogP contribution in [0.15, 0.2) is 29.2 Å². The van der Waals surface area contributed by atoms with Gasteiger partial charge < -0.3 is 9.80 Å². The van der Waals surface area contributed by atoms with Crippen molar-refractivity contribution in [3.05, 3.63) is 29.8 Å². The van der Waals surface area contributed by atoms with Crippen LogP contribution in [0.3, 0.4) is 0 Å². The molecule has 0 aromatic heterocycles. The molecule has 7 nitrogen and oxygen atoms in total. The van der Waals surface area contributed by atoms with Gasteiger partial charge in [0.25, 0.3) is 0 Å². The number of nitrogens with one attached hydrogen (secondary N) is 1. The fourth-order valence-electron chi connectivity index (χ4n) is 2.65. The second kappa shape index (κ2) is 6.62. The second-order valence-electron chi connectivity index (χ2n) is 6.94. The first kappa shape index (κ1) is 18.6. The minimum absolute atomic E-state index is 0.0495. The van der Waals surface area contributed by atoms with E-state index in [4.69, 9.17) is 0 Å². The van der Waals surface area contributed by atoms with E-state index in [1.807, 2.05) is 21.1 Å². The Morgan fingerprint density at radius 2 is 1.88 bits per heavy atom. The lowest BCUT2D eigenvalue weighted by molar-refractivity contribution is -0.870. The number of ketones is 1. The van der Waals surface area contributed by atoms with Crippen molar-refractivity contribution in [1.82, 2.24) is 9.62 Å². The number of nitrogens with zero attached hydrogens (tertiary/aromatic N) is 2. The first-order valence-corrected chi connectivity index (χ1v) is 9.19. The molecular formula is C16H24N3O4S+. The van der Waals surface area contributed by atoms with Gasteiger partial charge in [-0.2, -0.15) is 4.31 Å². The summed E-state index contributed by atoms with van der Waals surface area (Å²) in [7, 11) is 3.55. The SMILES string of the molecule is CN1C(C(=O)NCCC[N+](C)(C)C)C(=O)c2ccccc2S1(=O)=O. The smallest absolute Gasteiger partial charge is 0.246 e. The number of benzene rings is 1. The molecule has 0 bridgehead atoms. The largest absolute Gasteiger partial charge is 0.354 e. The summed E-state index contributed by atoms with van der Waals surface area (Å²) >= 11 is 0. The molecular weight excluding hydrogens is 330 g/mol. The molecule has 1 aromatic rings. The Bertz CT molecular complexity index is 753. The average Bonchev–Trinajstić information content (AvgIpc) is 2.49. The van der Waals surface area contributed by atoms with Gasteiger partial charge in [0.15, 0.2) is 11.8 Å². The summed E-state index contributed by atoms with van der Waals surface area (Å²) in [5.41, 5.74) is 0.0714. The summed E-state index contributed by atoms with van der Waals surface area (Å²) in [6, 6.07) is 4.62. The number of carbonyl (C=O) groups is 2. The molecule has 0 radical (unpaired) electrons. The van der Waals surface area contributed by atoms with Gasteiger partial charge in [-0.15, -0.1) is 0 Å². The van der Waals surface area contributed by atoms with Crippen molar-refractivity contribution in [2.24, 2.45) is 0 Å². The minimum Gasteiger partial charge on any atom is -0.354 e. The van der Waals surface area contributed by atoms with Crippen molar-refractivity contribution >= 4 is 21.7 Å². The average molecular weight is 354 g/mol. The van der Waals surface area contributed by atoms with Gasteiger partial charge in [0.05, 0.1) is 32.6 Å². The number of Topliss-reactive ketones (excluding diaryl/α,β-unsaturated/α-hetero) is 1. The molecule has 0 spiro atoms. The third kappa shape index (κ3) is 3.66. The molecule has 24 heavy (non-hydrogen) atoms. The molecule has 132 valence electrons. The van der Waals surface area contributed by atoms with Crippen LogP contribution in [0.5, 0.6) is 0 Å². The quantitative estimate of drug-likeness (QED) is 0.461. The Morgan fingerprint density at radius 3 is 2.50 bits per heavy atom. The first-order valence-electron chi connectivity index (χ1n) is 7.75. The summed E-state index contributed by atoms with van der Waals surface area (Å²) in [6.45, 7) is 1.25. The van der Waals surface area contributed by atoms with E-state index in [1.54, 1.807) is 12.1 Å². The lowest BCUT2D eigenvalue weighted by Crippen LogP contribution is -2.55. The molecule has 1 N–H and O–H groups in total. The van der Waals surface area contributed by atoms with E-state index in [9.17, 15) is 18.0 Å². The summed E-state index contributed by atoms with van der Waals surface area (Å²) in [5, 5.41) is 2.68. The van der Waals surface area contributed by atoms with E-state index in [0.29, 0.717) is 6.54 Å². The summed E-state index contributed by atoms with van der Waals surface area (Å²) in [5.74, 6) is -1.07.